The third kappa shape index (κ3) is 2.77. The largest absolute Gasteiger partial charge is 0.387 e. The third-order valence-electron chi connectivity index (χ3n) is 4.44. The van der Waals surface area contributed by atoms with Gasteiger partial charge in [-0.25, -0.2) is 0 Å². The van der Waals surface area contributed by atoms with Gasteiger partial charge in [-0.1, -0.05) is 18.2 Å². The number of aryl methyl sites for hydroxylation is 1. The highest BCUT2D eigenvalue weighted by Gasteiger charge is 2.34. The molecule has 0 aromatic heterocycles. The Bertz CT molecular complexity index is 448. The molecule has 0 radical (unpaired) electrons. The Hall–Kier alpha value is -1.06. The Kier molecular flexibility index (Phi) is 3.50. The SMILES string of the molecule is CN1CCC[C@@](O)(CN2CCCc3ccccc32)C1. The first kappa shape index (κ1) is 12.9. The summed E-state index contributed by atoms with van der Waals surface area (Å²) in [6.45, 7) is 3.75. The third-order valence-corrected chi connectivity index (χ3v) is 4.44. The van der Waals surface area contributed by atoms with Crippen molar-refractivity contribution < 1.29 is 5.11 Å². The highest BCUT2D eigenvalue weighted by molar-refractivity contribution is 5.55. The van der Waals surface area contributed by atoms with E-state index in [2.05, 4.69) is 41.1 Å². The van der Waals surface area contributed by atoms with Gasteiger partial charge in [0.25, 0.3) is 0 Å². The van der Waals surface area contributed by atoms with Crippen molar-refractivity contribution in [2.75, 3.05) is 38.1 Å². The van der Waals surface area contributed by atoms with Gasteiger partial charge in [0.1, 0.15) is 0 Å². The number of likely N-dealkylation sites (N-methyl/N-ethyl adjacent to an activating group) is 1. The molecule has 2 aliphatic rings. The van der Waals surface area contributed by atoms with Crippen LogP contribution in [0.4, 0.5) is 5.69 Å². The molecule has 104 valence electrons. The van der Waals surface area contributed by atoms with Gasteiger partial charge in [-0.15, -0.1) is 0 Å². The molecule has 0 saturated carbocycles. The molecule has 0 amide bonds. The summed E-state index contributed by atoms with van der Waals surface area (Å²) in [5.41, 5.74) is 2.22. The zero-order valence-corrected chi connectivity index (χ0v) is 11.8. The van der Waals surface area contributed by atoms with E-state index in [1.165, 1.54) is 24.1 Å². The summed E-state index contributed by atoms with van der Waals surface area (Å²) in [5, 5.41) is 10.8. The van der Waals surface area contributed by atoms with Crippen molar-refractivity contribution in [3.05, 3.63) is 29.8 Å². The van der Waals surface area contributed by atoms with E-state index in [1.54, 1.807) is 0 Å². The number of likely N-dealkylation sites (tertiary alicyclic amines) is 1. The van der Waals surface area contributed by atoms with Crippen LogP contribution in [0, 0.1) is 0 Å². The number of benzene rings is 1. The van der Waals surface area contributed by atoms with E-state index in [0.29, 0.717) is 0 Å². The highest BCUT2D eigenvalue weighted by Crippen LogP contribution is 2.30. The van der Waals surface area contributed by atoms with Crippen LogP contribution in [0.25, 0.3) is 0 Å². The van der Waals surface area contributed by atoms with E-state index in [4.69, 9.17) is 0 Å². The fourth-order valence-corrected chi connectivity index (χ4v) is 3.60. The van der Waals surface area contributed by atoms with Gasteiger partial charge in [-0.3, -0.25) is 0 Å². The van der Waals surface area contributed by atoms with Crippen LogP contribution in [-0.4, -0.2) is 48.8 Å². The molecule has 3 nitrogen and oxygen atoms in total. The van der Waals surface area contributed by atoms with Gasteiger partial charge in [0, 0.05) is 25.3 Å². The first-order chi connectivity index (χ1) is 9.16. The summed E-state index contributed by atoms with van der Waals surface area (Å²) in [7, 11) is 2.11. The van der Waals surface area contributed by atoms with Gasteiger partial charge in [-0.2, -0.15) is 0 Å². The monoisotopic (exact) mass is 260 g/mol. The van der Waals surface area contributed by atoms with Crippen LogP contribution in [0.5, 0.6) is 0 Å². The number of hydrogen-bond acceptors (Lipinski definition) is 3. The Labute approximate surface area is 115 Å². The van der Waals surface area contributed by atoms with Crippen molar-refractivity contribution in [1.29, 1.82) is 0 Å². The minimum absolute atomic E-state index is 0.544. The van der Waals surface area contributed by atoms with E-state index in [9.17, 15) is 5.11 Å². The van der Waals surface area contributed by atoms with Crippen LogP contribution in [0.15, 0.2) is 24.3 Å². The first-order valence-electron chi connectivity index (χ1n) is 7.40. The number of aliphatic hydroxyl groups is 1. The van der Waals surface area contributed by atoms with Crippen molar-refractivity contribution in [1.82, 2.24) is 4.90 Å². The summed E-state index contributed by atoms with van der Waals surface area (Å²) in [6, 6.07) is 8.64. The molecule has 1 N–H and O–H groups in total. The van der Waals surface area contributed by atoms with Crippen LogP contribution in [0.2, 0.25) is 0 Å². The summed E-state index contributed by atoms with van der Waals surface area (Å²) < 4.78 is 0. The van der Waals surface area contributed by atoms with Crippen molar-refractivity contribution in [2.45, 2.75) is 31.3 Å². The Balaban J connectivity index is 1.77. The molecule has 2 heterocycles. The molecule has 0 bridgehead atoms. The molecule has 3 heteroatoms. The van der Waals surface area contributed by atoms with Crippen LogP contribution < -0.4 is 4.90 Å². The Morgan fingerprint density at radius 2 is 2.05 bits per heavy atom. The average molecular weight is 260 g/mol. The summed E-state index contributed by atoms with van der Waals surface area (Å²) >= 11 is 0. The zero-order chi connectivity index (χ0) is 13.3. The second-order valence-corrected chi connectivity index (χ2v) is 6.22. The van der Waals surface area contributed by atoms with Gasteiger partial charge < -0.3 is 14.9 Å². The molecule has 1 atom stereocenters. The van der Waals surface area contributed by atoms with Crippen LogP contribution in [-0.2, 0) is 6.42 Å². The van der Waals surface area contributed by atoms with Crippen LogP contribution in [0.1, 0.15) is 24.8 Å². The maximum atomic E-state index is 10.8. The standard InChI is InChI=1S/C16H24N2O/c1-17-10-5-9-16(19,12-17)13-18-11-4-7-14-6-2-3-8-15(14)18/h2-3,6,8,19H,4-5,7,9-13H2,1H3/t16-/m0/s1. The molecular formula is C16H24N2O. The minimum atomic E-state index is -0.544. The number of para-hydroxylation sites is 1. The molecule has 1 saturated heterocycles. The maximum Gasteiger partial charge on any atom is 0.0948 e. The van der Waals surface area contributed by atoms with Gasteiger partial charge in [0.05, 0.1) is 5.60 Å². The fraction of sp³-hybridized carbons (Fsp3) is 0.625. The highest BCUT2D eigenvalue weighted by atomic mass is 16.3. The number of hydrogen-bond donors (Lipinski definition) is 1. The molecular weight excluding hydrogens is 236 g/mol. The predicted molar refractivity (Wildman–Crippen MR) is 78.7 cm³/mol. The van der Waals surface area contributed by atoms with Crippen molar-refractivity contribution in [3.8, 4) is 0 Å². The Morgan fingerprint density at radius 3 is 2.89 bits per heavy atom. The summed E-state index contributed by atoms with van der Waals surface area (Å²) in [6.07, 6.45) is 4.40. The lowest BCUT2D eigenvalue weighted by Crippen LogP contribution is -2.54. The van der Waals surface area contributed by atoms with E-state index in [1.807, 2.05) is 0 Å². The molecule has 0 aliphatic carbocycles. The van der Waals surface area contributed by atoms with Gasteiger partial charge >= 0.3 is 0 Å². The smallest absolute Gasteiger partial charge is 0.0948 e. The lowest BCUT2D eigenvalue weighted by atomic mass is 9.91. The molecule has 1 fully saturated rings. The molecule has 1 aromatic carbocycles. The first-order valence-corrected chi connectivity index (χ1v) is 7.40. The lowest BCUT2D eigenvalue weighted by molar-refractivity contribution is -0.0166. The van der Waals surface area contributed by atoms with Crippen molar-refractivity contribution in [2.24, 2.45) is 0 Å². The van der Waals surface area contributed by atoms with E-state index in [0.717, 1.165) is 39.0 Å². The van der Waals surface area contributed by atoms with E-state index < -0.39 is 5.60 Å². The number of rotatable bonds is 2. The van der Waals surface area contributed by atoms with Crippen LogP contribution >= 0.6 is 0 Å². The normalized spacial score (nSPS) is 28.2. The zero-order valence-electron chi connectivity index (χ0n) is 11.8. The van der Waals surface area contributed by atoms with E-state index >= 15 is 0 Å². The van der Waals surface area contributed by atoms with Crippen molar-refractivity contribution >= 4 is 5.69 Å². The number of anilines is 1. The minimum Gasteiger partial charge on any atom is -0.387 e. The number of piperidine rings is 1. The fourth-order valence-electron chi connectivity index (χ4n) is 3.60. The molecule has 2 aliphatic heterocycles. The molecule has 3 rings (SSSR count). The number of nitrogens with zero attached hydrogens (tertiary/aromatic N) is 2. The summed E-state index contributed by atoms with van der Waals surface area (Å²) in [4.78, 5) is 4.64. The number of β-amino-alcohol motifs (C(OH)–C–C–N with tert-alkyl or cyclic N) is 1. The van der Waals surface area contributed by atoms with Gasteiger partial charge in [0.15, 0.2) is 0 Å². The molecule has 19 heavy (non-hydrogen) atoms. The van der Waals surface area contributed by atoms with Gasteiger partial charge in [0.2, 0.25) is 0 Å². The summed E-state index contributed by atoms with van der Waals surface area (Å²) in [5.74, 6) is 0. The second-order valence-electron chi connectivity index (χ2n) is 6.22. The molecule has 0 spiro atoms. The molecule has 0 unspecified atom stereocenters. The quantitative estimate of drug-likeness (QED) is 0.880. The van der Waals surface area contributed by atoms with Crippen LogP contribution in [0.3, 0.4) is 0 Å². The topological polar surface area (TPSA) is 26.7 Å². The van der Waals surface area contributed by atoms with Gasteiger partial charge in [-0.05, 0) is 50.9 Å². The maximum absolute atomic E-state index is 10.8. The predicted octanol–water partition coefficient (Wildman–Crippen LogP) is 1.90. The number of fused-ring (bicyclic) bond motifs is 1. The lowest BCUT2D eigenvalue weighted by Gasteiger charge is -2.42. The van der Waals surface area contributed by atoms with E-state index in [-0.39, 0.29) is 0 Å². The Morgan fingerprint density at radius 1 is 1.21 bits per heavy atom. The molecule has 1 aromatic rings. The van der Waals surface area contributed by atoms with Crippen molar-refractivity contribution in [3.63, 3.8) is 0 Å². The second kappa shape index (κ2) is 5.14. The average Bonchev–Trinajstić information content (AvgIpc) is 2.38.